The van der Waals surface area contributed by atoms with Crippen molar-refractivity contribution in [2.75, 3.05) is 4.90 Å². The number of nitrogens with zero attached hydrogens (tertiary/aromatic N) is 1. The van der Waals surface area contributed by atoms with Crippen LogP contribution in [0.2, 0.25) is 0 Å². The molecule has 62 valence electrons. The zero-order valence-electron chi connectivity index (χ0n) is 6.55. The molecule has 2 rings (SSSR count). The van der Waals surface area contributed by atoms with Gasteiger partial charge >= 0.3 is 0 Å². The summed E-state index contributed by atoms with van der Waals surface area (Å²) >= 11 is 0. The van der Waals surface area contributed by atoms with E-state index in [0.717, 1.165) is 5.69 Å². The summed E-state index contributed by atoms with van der Waals surface area (Å²) in [5, 5.41) is 0. The van der Waals surface area contributed by atoms with Crippen LogP contribution in [0.1, 0.15) is 0 Å². The molecule has 0 fully saturated rings. The molecule has 0 aromatic heterocycles. The van der Waals surface area contributed by atoms with Crippen LogP contribution in [0, 0.1) is 0 Å². The second kappa shape index (κ2) is 2.87. The summed E-state index contributed by atoms with van der Waals surface area (Å²) in [5.41, 5.74) is 6.69. The zero-order valence-corrected chi connectivity index (χ0v) is 6.55. The van der Waals surface area contributed by atoms with E-state index in [1.807, 2.05) is 41.4 Å². The van der Waals surface area contributed by atoms with E-state index in [0.29, 0.717) is 0 Å². The van der Waals surface area contributed by atoms with Crippen LogP contribution in [0.4, 0.5) is 5.69 Å². The first-order valence-electron chi connectivity index (χ1n) is 3.79. The van der Waals surface area contributed by atoms with Crippen molar-refractivity contribution in [2.45, 2.75) is 6.35 Å². The molecular formula is C9H10N2O. The minimum absolute atomic E-state index is 0.382. The lowest BCUT2D eigenvalue weighted by atomic mass is 10.3. The van der Waals surface area contributed by atoms with Gasteiger partial charge in [0.1, 0.15) is 6.26 Å². The lowest BCUT2D eigenvalue weighted by Gasteiger charge is -2.19. The molecule has 0 amide bonds. The van der Waals surface area contributed by atoms with E-state index in [1.165, 1.54) is 0 Å². The summed E-state index contributed by atoms with van der Waals surface area (Å²) in [6, 6.07) is 9.87. The molecule has 1 unspecified atom stereocenters. The molecule has 12 heavy (non-hydrogen) atoms. The second-order valence-corrected chi connectivity index (χ2v) is 2.55. The molecule has 0 saturated carbocycles. The van der Waals surface area contributed by atoms with Crippen molar-refractivity contribution < 1.29 is 4.74 Å². The standard InChI is InChI=1S/C9H10N2O/c10-9-11(6-7-12-9)8-4-2-1-3-5-8/h1-7,9H,10H2. The van der Waals surface area contributed by atoms with E-state index in [2.05, 4.69) is 0 Å². The normalized spacial score (nSPS) is 21.1. The first-order chi connectivity index (χ1) is 5.88. The van der Waals surface area contributed by atoms with Gasteiger partial charge in [-0.25, -0.2) is 0 Å². The number of para-hydroxylation sites is 1. The van der Waals surface area contributed by atoms with Crippen LogP contribution < -0.4 is 10.6 Å². The monoisotopic (exact) mass is 162 g/mol. The van der Waals surface area contributed by atoms with Crippen molar-refractivity contribution in [2.24, 2.45) is 5.73 Å². The maximum atomic E-state index is 5.65. The minimum atomic E-state index is -0.382. The number of hydrogen-bond acceptors (Lipinski definition) is 3. The van der Waals surface area contributed by atoms with Gasteiger partial charge in [-0.3, -0.25) is 10.6 Å². The fourth-order valence-corrected chi connectivity index (χ4v) is 1.16. The third-order valence-electron chi connectivity index (χ3n) is 1.77. The van der Waals surface area contributed by atoms with Gasteiger partial charge in [-0.05, 0) is 12.1 Å². The SMILES string of the molecule is NC1OC=CN1c1ccccc1. The van der Waals surface area contributed by atoms with Crippen LogP contribution in [-0.4, -0.2) is 6.35 Å². The summed E-state index contributed by atoms with van der Waals surface area (Å²) in [6.07, 6.45) is 3.03. The largest absolute Gasteiger partial charge is 0.463 e. The van der Waals surface area contributed by atoms with Gasteiger partial charge in [-0.1, -0.05) is 18.2 Å². The van der Waals surface area contributed by atoms with Gasteiger partial charge in [-0.15, -0.1) is 0 Å². The molecule has 1 atom stereocenters. The Morgan fingerprint density at radius 3 is 2.58 bits per heavy atom. The third-order valence-corrected chi connectivity index (χ3v) is 1.77. The molecule has 2 N–H and O–H groups in total. The number of rotatable bonds is 1. The quantitative estimate of drug-likeness (QED) is 0.675. The lowest BCUT2D eigenvalue weighted by molar-refractivity contribution is 0.178. The molecule has 3 nitrogen and oxygen atoms in total. The van der Waals surface area contributed by atoms with Gasteiger partial charge in [0.05, 0.1) is 0 Å². The van der Waals surface area contributed by atoms with E-state index in [4.69, 9.17) is 10.5 Å². The average Bonchev–Trinajstić information content (AvgIpc) is 2.53. The summed E-state index contributed by atoms with van der Waals surface area (Å²) in [5.74, 6) is 0. The number of nitrogens with two attached hydrogens (primary N) is 1. The Morgan fingerprint density at radius 2 is 2.00 bits per heavy atom. The van der Waals surface area contributed by atoms with E-state index < -0.39 is 0 Å². The molecular weight excluding hydrogens is 152 g/mol. The van der Waals surface area contributed by atoms with Crippen LogP contribution in [0.25, 0.3) is 0 Å². The predicted octanol–water partition coefficient (Wildman–Crippen LogP) is 1.24. The Labute approximate surface area is 71.0 Å². The lowest BCUT2D eigenvalue weighted by Crippen LogP contribution is -2.35. The van der Waals surface area contributed by atoms with Gasteiger partial charge < -0.3 is 4.74 Å². The topological polar surface area (TPSA) is 38.5 Å². The molecule has 0 aliphatic carbocycles. The van der Waals surface area contributed by atoms with Crippen molar-refractivity contribution >= 4 is 5.69 Å². The van der Waals surface area contributed by atoms with Gasteiger partial charge in [0.15, 0.2) is 0 Å². The molecule has 1 heterocycles. The molecule has 1 aromatic carbocycles. The van der Waals surface area contributed by atoms with Crippen LogP contribution >= 0.6 is 0 Å². The fourth-order valence-electron chi connectivity index (χ4n) is 1.16. The van der Waals surface area contributed by atoms with Crippen molar-refractivity contribution in [3.8, 4) is 0 Å². The van der Waals surface area contributed by atoms with Crippen molar-refractivity contribution in [3.63, 3.8) is 0 Å². The summed E-state index contributed by atoms with van der Waals surface area (Å²) < 4.78 is 5.04. The van der Waals surface area contributed by atoms with E-state index in [9.17, 15) is 0 Å². The first-order valence-corrected chi connectivity index (χ1v) is 3.79. The summed E-state index contributed by atoms with van der Waals surface area (Å²) in [4.78, 5) is 1.86. The molecule has 0 saturated heterocycles. The second-order valence-electron chi connectivity index (χ2n) is 2.55. The van der Waals surface area contributed by atoms with Crippen molar-refractivity contribution in [3.05, 3.63) is 42.8 Å². The Balaban J connectivity index is 2.25. The number of hydrogen-bond donors (Lipinski definition) is 1. The number of anilines is 1. The summed E-state index contributed by atoms with van der Waals surface area (Å²) in [7, 11) is 0. The third kappa shape index (κ3) is 1.14. The van der Waals surface area contributed by atoms with Crippen LogP contribution in [-0.2, 0) is 4.74 Å². The smallest absolute Gasteiger partial charge is 0.230 e. The number of ether oxygens (including phenoxy) is 1. The van der Waals surface area contributed by atoms with Gasteiger partial charge in [-0.2, -0.15) is 0 Å². The van der Waals surface area contributed by atoms with E-state index >= 15 is 0 Å². The van der Waals surface area contributed by atoms with Gasteiger partial charge in [0.25, 0.3) is 0 Å². The fraction of sp³-hybridized carbons (Fsp3) is 0.111. The summed E-state index contributed by atoms with van der Waals surface area (Å²) in [6.45, 7) is 0. The minimum Gasteiger partial charge on any atom is -0.463 e. The maximum Gasteiger partial charge on any atom is 0.230 e. The zero-order chi connectivity index (χ0) is 8.39. The highest BCUT2D eigenvalue weighted by Crippen LogP contribution is 2.18. The average molecular weight is 162 g/mol. The highest BCUT2D eigenvalue weighted by molar-refractivity contribution is 5.49. The van der Waals surface area contributed by atoms with Crippen LogP contribution in [0.3, 0.4) is 0 Å². The molecule has 0 bridgehead atoms. The van der Waals surface area contributed by atoms with E-state index in [-0.39, 0.29) is 6.35 Å². The van der Waals surface area contributed by atoms with E-state index in [1.54, 1.807) is 6.26 Å². The Hall–Kier alpha value is -1.48. The maximum absolute atomic E-state index is 5.65. The molecule has 1 aliphatic rings. The van der Waals surface area contributed by atoms with Crippen molar-refractivity contribution in [1.29, 1.82) is 0 Å². The van der Waals surface area contributed by atoms with Crippen LogP contribution in [0.15, 0.2) is 42.8 Å². The Kier molecular flexibility index (Phi) is 1.72. The molecule has 0 radical (unpaired) electrons. The van der Waals surface area contributed by atoms with Gasteiger partial charge in [0.2, 0.25) is 6.35 Å². The molecule has 0 spiro atoms. The molecule has 1 aliphatic heterocycles. The van der Waals surface area contributed by atoms with Crippen LogP contribution in [0.5, 0.6) is 0 Å². The Bertz CT molecular complexity index is 284. The Morgan fingerprint density at radius 1 is 1.25 bits per heavy atom. The molecule has 1 aromatic rings. The highest BCUT2D eigenvalue weighted by Gasteiger charge is 2.16. The van der Waals surface area contributed by atoms with Gasteiger partial charge in [0, 0.05) is 11.9 Å². The number of benzene rings is 1. The first kappa shape index (κ1) is 7.18. The molecule has 3 heteroatoms. The van der Waals surface area contributed by atoms with Crippen molar-refractivity contribution in [1.82, 2.24) is 0 Å². The predicted molar refractivity (Wildman–Crippen MR) is 47.1 cm³/mol. The highest BCUT2D eigenvalue weighted by atomic mass is 16.5.